The summed E-state index contributed by atoms with van der Waals surface area (Å²) in [5, 5.41) is 53.9. The molecule has 0 saturated carbocycles. The van der Waals surface area contributed by atoms with Crippen molar-refractivity contribution in [2.75, 3.05) is 38.7 Å². The molecular weight excluding hydrogens is 651 g/mol. The van der Waals surface area contributed by atoms with E-state index < -0.39 is 42.8 Å². The number of hydrogen-bond donors (Lipinski definition) is 7. The van der Waals surface area contributed by atoms with Gasteiger partial charge in [-0.25, -0.2) is 14.4 Å². The topological polar surface area (TPSA) is 202 Å². The van der Waals surface area contributed by atoms with Crippen molar-refractivity contribution in [3.63, 3.8) is 0 Å². The van der Waals surface area contributed by atoms with Crippen LogP contribution in [0.5, 0.6) is 5.75 Å². The van der Waals surface area contributed by atoms with Crippen LogP contribution >= 0.6 is 11.6 Å². The molecule has 4 atom stereocenters. The molecule has 0 bridgehead atoms. The van der Waals surface area contributed by atoms with Crippen LogP contribution < -0.4 is 15.4 Å². The number of carbonyl (C=O) groups is 2. The number of amides is 2. The van der Waals surface area contributed by atoms with Crippen LogP contribution in [0.2, 0.25) is 5.02 Å². The lowest BCUT2D eigenvalue weighted by molar-refractivity contribution is -0.130. The minimum absolute atomic E-state index is 0.134. The lowest BCUT2D eigenvalue weighted by Crippen LogP contribution is -2.50. The van der Waals surface area contributed by atoms with E-state index in [2.05, 4.69) is 20.6 Å². The number of anilines is 2. The molecule has 3 heterocycles. The van der Waals surface area contributed by atoms with Crippen LogP contribution in [0.25, 0.3) is 16.9 Å². The lowest BCUT2D eigenvalue weighted by atomic mass is 9.95. The number of benzene rings is 2. The van der Waals surface area contributed by atoms with Crippen LogP contribution in [-0.4, -0.2) is 114 Å². The number of hydrogen-bond acceptors (Lipinski definition) is 11. The first-order chi connectivity index (χ1) is 23.0. The zero-order valence-electron chi connectivity index (χ0n) is 25.8. The van der Waals surface area contributed by atoms with Crippen LogP contribution in [-0.2, 0) is 4.79 Å². The minimum Gasteiger partial charge on any atom is -0.494 e. The van der Waals surface area contributed by atoms with Crippen molar-refractivity contribution in [3.05, 3.63) is 71.4 Å². The fourth-order valence-electron chi connectivity index (χ4n) is 5.50. The van der Waals surface area contributed by atoms with Crippen LogP contribution in [0.1, 0.15) is 23.2 Å². The van der Waals surface area contributed by atoms with Crippen molar-refractivity contribution < 1.29 is 44.2 Å². The summed E-state index contributed by atoms with van der Waals surface area (Å²) in [4.78, 5) is 36.4. The quantitative estimate of drug-likeness (QED) is 0.113. The van der Waals surface area contributed by atoms with Crippen molar-refractivity contribution in [1.29, 1.82) is 0 Å². The molecule has 4 aromatic rings. The second kappa shape index (κ2) is 15.2. The number of methoxy groups -OCH3 is 1. The number of fused-ring (bicyclic) bond motifs is 1. The first-order valence-corrected chi connectivity index (χ1v) is 15.5. The van der Waals surface area contributed by atoms with E-state index in [1.807, 2.05) is 0 Å². The fourth-order valence-corrected chi connectivity index (χ4v) is 5.76. The monoisotopic (exact) mass is 686 g/mol. The highest BCUT2D eigenvalue weighted by Gasteiger charge is 2.32. The molecule has 2 aromatic carbocycles. The van der Waals surface area contributed by atoms with Gasteiger partial charge in [-0.2, -0.15) is 0 Å². The van der Waals surface area contributed by atoms with Gasteiger partial charge in [0.05, 0.1) is 42.3 Å². The molecule has 0 aliphatic carbocycles. The predicted octanol–water partition coefficient (Wildman–Crippen LogP) is 1.35. The number of imidazole rings is 1. The van der Waals surface area contributed by atoms with Gasteiger partial charge in [-0.1, -0.05) is 11.6 Å². The third kappa shape index (κ3) is 7.51. The van der Waals surface area contributed by atoms with Gasteiger partial charge in [0, 0.05) is 49.2 Å². The Labute approximate surface area is 279 Å². The smallest absolute Gasteiger partial charge is 0.255 e. The lowest BCUT2D eigenvalue weighted by Gasteiger charge is -2.32. The third-order valence-corrected chi connectivity index (χ3v) is 8.61. The molecule has 5 rings (SSSR count). The van der Waals surface area contributed by atoms with E-state index in [4.69, 9.17) is 21.4 Å². The number of halogens is 2. The van der Waals surface area contributed by atoms with Crippen LogP contribution in [0.3, 0.4) is 0 Å². The molecule has 1 aliphatic rings. The van der Waals surface area contributed by atoms with Gasteiger partial charge in [0.15, 0.2) is 23.0 Å². The zero-order chi connectivity index (χ0) is 34.5. The first-order valence-electron chi connectivity index (χ1n) is 15.1. The van der Waals surface area contributed by atoms with Gasteiger partial charge in [-0.3, -0.25) is 14.0 Å². The maximum absolute atomic E-state index is 14.4. The molecule has 1 saturated heterocycles. The summed E-state index contributed by atoms with van der Waals surface area (Å²) in [6.07, 6.45) is -1.19. The molecule has 4 unspecified atom stereocenters. The molecule has 2 amide bonds. The van der Waals surface area contributed by atoms with Crippen molar-refractivity contribution in [2.24, 2.45) is 5.92 Å². The Balaban J connectivity index is 1.18. The molecule has 0 radical (unpaired) electrons. The Bertz CT molecular complexity index is 1770. The van der Waals surface area contributed by atoms with Gasteiger partial charge in [0.25, 0.3) is 5.91 Å². The Morgan fingerprint density at radius 1 is 1.06 bits per heavy atom. The molecule has 7 N–H and O–H groups in total. The molecule has 14 nitrogen and oxygen atoms in total. The maximum Gasteiger partial charge on any atom is 0.255 e. The SMILES string of the molecule is COc1ccc(-c2cnc3c(Nc4ccc(C(=O)N5CCC(C(=O)NCC(O)C(O)C(O)C(O)CO)CC5)c(Cl)c4)nccn23)cc1F. The largest absolute Gasteiger partial charge is 0.494 e. The van der Waals surface area contributed by atoms with Gasteiger partial charge in [-0.05, 0) is 49.2 Å². The van der Waals surface area contributed by atoms with Gasteiger partial charge >= 0.3 is 0 Å². The van der Waals surface area contributed by atoms with E-state index in [0.717, 1.165) is 0 Å². The van der Waals surface area contributed by atoms with Crippen LogP contribution in [0, 0.1) is 11.7 Å². The number of nitrogens with zero attached hydrogens (tertiary/aromatic N) is 4. The highest BCUT2D eigenvalue weighted by atomic mass is 35.5. The van der Waals surface area contributed by atoms with E-state index in [1.165, 1.54) is 13.2 Å². The van der Waals surface area contributed by atoms with Gasteiger partial charge in [-0.15, -0.1) is 0 Å². The fraction of sp³-hybridized carbons (Fsp3) is 0.375. The summed E-state index contributed by atoms with van der Waals surface area (Å²) in [6.45, 7) is -0.615. The molecule has 48 heavy (non-hydrogen) atoms. The number of aliphatic hydroxyl groups excluding tert-OH is 5. The van der Waals surface area contributed by atoms with Crippen LogP contribution in [0.15, 0.2) is 55.0 Å². The average molecular weight is 687 g/mol. The van der Waals surface area contributed by atoms with Crippen molar-refractivity contribution in [3.8, 4) is 17.0 Å². The number of carbonyl (C=O) groups excluding carboxylic acids is 2. The average Bonchev–Trinajstić information content (AvgIpc) is 3.54. The number of aromatic nitrogens is 3. The molecule has 1 fully saturated rings. The number of rotatable bonds is 12. The summed E-state index contributed by atoms with van der Waals surface area (Å²) in [6, 6.07) is 9.51. The maximum atomic E-state index is 14.4. The molecule has 1 aliphatic heterocycles. The molecular formula is C32H36ClFN6O8. The van der Waals surface area contributed by atoms with E-state index in [1.54, 1.807) is 58.2 Å². The Morgan fingerprint density at radius 3 is 2.46 bits per heavy atom. The van der Waals surface area contributed by atoms with E-state index in [9.17, 15) is 34.4 Å². The van der Waals surface area contributed by atoms with E-state index >= 15 is 0 Å². The highest BCUT2D eigenvalue weighted by molar-refractivity contribution is 6.34. The van der Waals surface area contributed by atoms with Crippen molar-refractivity contribution in [1.82, 2.24) is 24.6 Å². The summed E-state index contributed by atoms with van der Waals surface area (Å²) in [5.74, 6) is -1.09. The second-order valence-electron chi connectivity index (χ2n) is 11.4. The number of aliphatic hydroxyl groups is 5. The number of piperidine rings is 1. The summed E-state index contributed by atoms with van der Waals surface area (Å²) in [7, 11) is 1.40. The van der Waals surface area contributed by atoms with Crippen molar-refractivity contribution >= 4 is 40.6 Å². The summed E-state index contributed by atoms with van der Waals surface area (Å²) in [5.41, 5.74) is 2.55. The Kier molecular flexibility index (Phi) is 11.1. The standard InChI is InChI=1S/C32H36ClFN6O8/c1-48-26-5-2-18(12-22(26)34)23-14-36-30-29(35-8-11-40(23)30)38-19-3-4-20(21(33)13-19)32(47)39-9-6-17(7-10-39)31(46)37-15-24(42)27(44)28(45)25(43)16-41/h2-5,8,11-14,17,24-25,27-28,41-45H,6-7,9-10,15-16H2,1H3,(H,35,38)(H,37,46). The number of ether oxygens (including phenoxy) is 1. The first kappa shape index (κ1) is 34.9. The zero-order valence-corrected chi connectivity index (χ0v) is 26.6. The Hall–Kier alpha value is -4.38. The van der Waals surface area contributed by atoms with Crippen molar-refractivity contribution in [2.45, 2.75) is 37.3 Å². The molecule has 2 aromatic heterocycles. The summed E-state index contributed by atoms with van der Waals surface area (Å²) < 4.78 is 21.1. The Morgan fingerprint density at radius 2 is 1.79 bits per heavy atom. The van der Waals surface area contributed by atoms with Crippen LogP contribution in [0.4, 0.5) is 15.9 Å². The van der Waals surface area contributed by atoms with E-state index in [0.29, 0.717) is 41.3 Å². The van der Waals surface area contributed by atoms with Gasteiger partial charge in [0.2, 0.25) is 5.91 Å². The highest BCUT2D eigenvalue weighted by Crippen LogP contribution is 2.30. The second-order valence-corrected chi connectivity index (χ2v) is 11.8. The third-order valence-electron chi connectivity index (χ3n) is 8.30. The molecule has 16 heteroatoms. The number of likely N-dealkylation sites (tertiary alicyclic amines) is 1. The molecule has 256 valence electrons. The number of nitrogens with one attached hydrogen (secondary N) is 2. The summed E-state index contributed by atoms with van der Waals surface area (Å²) >= 11 is 6.55. The predicted molar refractivity (Wildman–Crippen MR) is 172 cm³/mol. The molecule has 0 spiro atoms. The van der Waals surface area contributed by atoms with E-state index in [-0.39, 0.29) is 47.8 Å². The minimum atomic E-state index is -1.79. The normalized spacial score (nSPS) is 16.3. The van der Waals surface area contributed by atoms with Gasteiger partial charge in [0.1, 0.15) is 18.3 Å². The van der Waals surface area contributed by atoms with Gasteiger partial charge < -0.3 is 45.8 Å².